The molecule has 1 aliphatic rings. The van der Waals surface area contributed by atoms with Crippen LogP contribution in [-0.2, 0) is 0 Å². The van der Waals surface area contributed by atoms with E-state index < -0.39 is 0 Å². The quantitative estimate of drug-likeness (QED) is 0.810. The maximum Gasteiger partial charge on any atom is 0.0604 e. The second-order valence-corrected chi connectivity index (χ2v) is 6.52. The summed E-state index contributed by atoms with van der Waals surface area (Å²) in [7, 11) is 0. The first kappa shape index (κ1) is 17.2. The zero-order valence-corrected chi connectivity index (χ0v) is 14.1. The SMILES string of the molecule is CC(C)CN1CCCN(CC(C)C)c2ccccc21.Cl. The van der Waals surface area contributed by atoms with E-state index in [1.165, 1.54) is 30.9 Å². The number of nitrogens with zero attached hydrogens (tertiary/aromatic N) is 2. The lowest BCUT2D eigenvalue weighted by Crippen LogP contribution is -2.28. The van der Waals surface area contributed by atoms with Gasteiger partial charge in [0, 0.05) is 26.2 Å². The number of hydrogen-bond acceptors (Lipinski definition) is 2. The fraction of sp³-hybridized carbons (Fsp3) is 0.647. The van der Waals surface area contributed by atoms with Crippen LogP contribution in [0.15, 0.2) is 24.3 Å². The van der Waals surface area contributed by atoms with E-state index >= 15 is 0 Å². The highest BCUT2D eigenvalue weighted by Gasteiger charge is 2.20. The van der Waals surface area contributed by atoms with Crippen LogP contribution in [0, 0.1) is 11.8 Å². The summed E-state index contributed by atoms with van der Waals surface area (Å²) >= 11 is 0. The Morgan fingerprint density at radius 2 is 1.25 bits per heavy atom. The van der Waals surface area contributed by atoms with Gasteiger partial charge in [0.25, 0.3) is 0 Å². The van der Waals surface area contributed by atoms with E-state index in [4.69, 9.17) is 0 Å². The van der Waals surface area contributed by atoms with Crippen molar-refractivity contribution in [1.29, 1.82) is 0 Å². The molecule has 0 atom stereocenters. The molecule has 1 heterocycles. The summed E-state index contributed by atoms with van der Waals surface area (Å²) in [5.74, 6) is 1.43. The van der Waals surface area contributed by atoms with Crippen molar-refractivity contribution in [2.75, 3.05) is 36.0 Å². The van der Waals surface area contributed by atoms with Crippen LogP contribution >= 0.6 is 12.4 Å². The smallest absolute Gasteiger partial charge is 0.0604 e. The Hall–Kier alpha value is -0.890. The molecule has 1 aromatic rings. The molecule has 3 heteroatoms. The molecule has 1 aromatic carbocycles. The molecule has 1 aliphatic heterocycles. The molecule has 0 bridgehead atoms. The number of rotatable bonds is 4. The van der Waals surface area contributed by atoms with Crippen LogP contribution in [0.1, 0.15) is 34.1 Å². The molecular weight excluding hydrogens is 268 g/mol. The summed E-state index contributed by atoms with van der Waals surface area (Å²) in [6, 6.07) is 8.92. The molecule has 0 unspecified atom stereocenters. The monoisotopic (exact) mass is 296 g/mol. The van der Waals surface area contributed by atoms with Crippen molar-refractivity contribution in [2.45, 2.75) is 34.1 Å². The average molecular weight is 297 g/mol. The van der Waals surface area contributed by atoms with E-state index in [0.29, 0.717) is 11.8 Å². The zero-order valence-electron chi connectivity index (χ0n) is 13.3. The summed E-state index contributed by atoms with van der Waals surface area (Å²) in [6.07, 6.45) is 1.26. The van der Waals surface area contributed by atoms with Gasteiger partial charge in [0.05, 0.1) is 11.4 Å². The third-order valence-electron chi connectivity index (χ3n) is 3.59. The maximum absolute atomic E-state index is 2.57. The molecule has 0 spiro atoms. The van der Waals surface area contributed by atoms with Gasteiger partial charge in [0.1, 0.15) is 0 Å². The second kappa shape index (κ2) is 7.78. The van der Waals surface area contributed by atoms with Gasteiger partial charge in [-0.1, -0.05) is 39.8 Å². The van der Waals surface area contributed by atoms with Crippen molar-refractivity contribution in [1.82, 2.24) is 0 Å². The van der Waals surface area contributed by atoms with Gasteiger partial charge in [0.2, 0.25) is 0 Å². The predicted octanol–water partition coefficient (Wildman–Crippen LogP) is 4.44. The van der Waals surface area contributed by atoms with Gasteiger partial charge < -0.3 is 9.80 Å². The second-order valence-electron chi connectivity index (χ2n) is 6.52. The fourth-order valence-electron chi connectivity index (χ4n) is 2.95. The van der Waals surface area contributed by atoms with E-state index in [1.807, 2.05) is 0 Å². The van der Waals surface area contributed by atoms with Crippen LogP contribution in [0.25, 0.3) is 0 Å². The Kier molecular flexibility index (Phi) is 6.67. The van der Waals surface area contributed by atoms with Crippen molar-refractivity contribution in [3.63, 3.8) is 0 Å². The normalized spacial score (nSPS) is 15.1. The lowest BCUT2D eigenvalue weighted by Gasteiger charge is -2.29. The zero-order chi connectivity index (χ0) is 13.8. The Bertz CT molecular complexity index is 367. The number of hydrogen-bond donors (Lipinski definition) is 0. The van der Waals surface area contributed by atoms with E-state index in [1.54, 1.807) is 0 Å². The summed E-state index contributed by atoms with van der Waals surface area (Å²) in [5.41, 5.74) is 2.85. The van der Waals surface area contributed by atoms with Crippen LogP contribution in [0.5, 0.6) is 0 Å². The highest BCUT2D eigenvalue weighted by Crippen LogP contribution is 2.32. The van der Waals surface area contributed by atoms with E-state index in [0.717, 1.165) is 13.1 Å². The molecule has 0 radical (unpaired) electrons. The first-order valence-corrected chi connectivity index (χ1v) is 7.67. The van der Waals surface area contributed by atoms with Crippen molar-refractivity contribution in [3.8, 4) is 0 Å². The average Bonchev–Trinajstić information content (AvgIpc) is 2.50. The summed E-state index contributed by atoms with van der Waals surface area (Å²) in [6.45, 7) is 13.9. The third-order valence-corrected chi connectivity index (χ3v) is 3.59. The minimum absolute atomic E-state index is 0. The summed E-state index contributed by atoms with van der Waals surface area (Å²) < 4.78 is 0. The first-order valence-electron chi connectivity index (χ1n) is 7.67. The Balaban J connectivity index is 0.00000200. The van der Waals surface area contributed by atoms with Crippen molar-refractivity contribution in [3.05, 3.63) is 24.3 Å². The van der Waals surface area contributed by atoms with Gasteiger partial charge in [-0.3, -0.25) is 0 Å². The topological polar surface area (TPSA) is 6.48 Å². The van der Waals surface area contributed by atoms with Gasteiger partial charge in [0.15, 0.2) is 0 Å². The van der Waals surface area contributed by atoms with Crippen molar-refractivity contribution in [2.24, 2.45) is 11.8 Å². The third kappa shape index (κ3) is 4.31. The molecule has 20 heavy (non-hydrogen) atoms. The Labute approximate surface area is 130 Å². The molecule has 2 rings (SSSR count). The lowest BCUT2D eigenvalue weighted by atomic mass is 10.1. The van der Waals surface area contributed by atoms with Gasteiger partial charge >= 0.3 is 0 Å². The Morgan fingerprint density at radius 1 is 0.850 bits per heavy atom. The molecule has 2 nitrogen and oxygen atoms in total. The highest BCUT2D eigenvalue weighted by molar-refractivity contribution is 5.85. The number of benzene rings is 1. The van der Waals surface area contributed by atoms with Crippen molar-refractivity contribution >= 4 is 23.8 Å². The predicted molar refractivity (Wildman–Crippen MR) is 92.4 cm³/mol. The van der Waals surface area contributed by atoms with Gasteiger partial charge in [-0.05, 0) is 30.4 Å². The molecule has 0 N–H and O–H groups in total. The van der Waals surface area contributed by atoms with Crippen LogP contribution in [-0.4, -0.2) is 26.2 Å². The fourth-order valence-corrected chi connectivity index (χ4v) is 2.95. The van der Waals surface area contributed by atoms with Gasteiger partial charge in [-0.2, -0.15) is 0 Å². The van der Waals surface area contributed by atoms with Crippen LogP contribution in [0.4, 0.5) is 11.4 Å². The molecule has 0 saturated heterocycles. The lowest BCUT2D eigenvalue weighted by molar-refractivity contribution is 0.589. The molecule has 0 aliphatic carbocycles. The molecule has 0 amide bonds. The molecule has 0 saturated carbocycles. The molecular formula is C17H29ClN2. The van der Waals surface area contributed by atoms with Gasteiger partial charge in [-0.15, -0.1) is 12.4 Å². The number of anilines is 2. The highest BCUT2D eigenvalue weighted by atomic mass is 35.5. The maximum atomic E-state index is 2.57. The largest absolute Gasteiger partial charge is 0.370 e. The first-order chi connectivity index (χ1) is 9.08. The number of para-hydroxylation sites is 2. The Morgan fingerprint density at radius 3 is 1.60 bits per heavy atom. The number of fused-ring (bicyclic) bond motifs is 1. The van der Waals surface area contributed by atoms with E-state index in [-0.39, 0.29) is 12.4 Å². The van der Waals surface area contributed by atoms with Crippen LogP contribution in [0.2, 0.25) is 0 Å². The molecule has 0 fully saturated rings. The van der Waals surface area contributed by atoms with Gasteiger partial charge in [-0.25, -0.2) is 0 Å². The standard InChI is InChI=1S/C17H28N2.ClH/c1-14(2)12-18-10-7-11-19(13-15(3)4)17-9-6-5-8-16(17)18;/h5-6,8-9,14-15H,7,10-13H2,1-4H3;1H. The van der Waals surface area contributed by atoms with Crippen LogP contribution in [0.3, 0.4) is 0 Å². The van der Waals surface area contributed by atoms with E-state index in [2.05, 4.69) is 61.8 Å². The minimum Gasteiger partial charge on any atom is -0.370 e. The molecule has 0 aromatic heterocycles. The summed E-state index contributed by atoms with van der Waals surface area (Å²) in [5, 5.41) is 0. The number of halogens is 1. The van der Waals surface area contributed by atoms with Crippen LogP contribution < -0.4 is 9.80 Å². The molecule has 114 valence electrons. The van der Waals surface area contributed by atoms with E-state index in [9.17, 15) is 0 Å². The minimum atomic E-state index is 0. The van der Waals surface area contributed by atoms with Crippen molar-refractivity contribution < 1.29 is 0 Å². The summed E-state index contributed by atoms with van der Waals surface area (Å²) in [4.78, 5) is 5.14.